The van der Waals surface area contributed by atoms with Crippen molar-refractivity contribution in [2.45, 2.75) is 46.5 Å². The largest absolute Gasteiger partial charge is 0.409 e. The molecular formula is C12H25N3O. The molecule has 0 aromatic carbocycles. The predicted molar refractivity (Wildman–Crippen MR) is 66.6 cm³/mol. The summed E-state index contributed by atoms with van der Waals surface area (Å²) >= 11 is 0. The summed E-state index contributed by atoms with van der Waals surface area (Å²) < 4.78 is 0. The summed E-state index contributed by atoms with van der Waals surface area (Å²) in [7, 11) is 0. The van der Waals surface area contributed by atoms with E-state index in [0.717, 1.165) is 19.5 Å². The molecular weight excluding hydrogens is 202 g/mol. The van der Waals surface area contributed by atoms with Crippen LogP contribution in [0.4, 0.5) is 0 Å². The van der Waals surface area contributed by atoms with E-state index < -0.39 is 0 Å². The molecule has 1 fully saturated rings. The first-order chi connectivity index (χ1) is 7.46. The standard InChI is InChI=1S/C12H25N3O/c1-4-12(5-6-12)9-14-8-7-11(2,3)10(13)15-16/h14,16H,4-9H2,1-3H3,(H2,13,15). The van der Waals surface area contributed by atoms with Crippen LogP contribution in [-0.4, -0.2) is 24.1 Å². The number of rotatable bonds is 7. The summed E-state index contributed by atoms with van der Waals surface area (Å²) in [6.45, 7) is 8.28. The van der Waals surface area contributed by atoms with Crippen molar-refractivity contribution in [2.75, 3.05) is 13.1 Å². The highest BCUT2D eigenvalue weighted by molar-refractivity contribution is 5.85. The third kappa shape index (κ3) is 3.37. The van der Waals surface area contributed by atoms with Gasteiger partial charge < -0.3 is 16.3 Å². The molecule has 0 amide bonds. The smallest absolute Gasteiger partial charge is 0.144 e. The van der Waals surface area contributed by atoms with Crippen LogP contribution in [0.5, 0.6) is 0 Å². The topological polar surface area (TPSA) is 70.6 Å². The lowest BCUT2D eigenvalue weighted by Crippen LogP contribution is -2.36. The van der Waals surface area contributed by atoms with Gasteiger partial charge in [0.15, 0.2) is 0 Å². The molecule has 1 aliphatic carbocycles. The predicted octanol–water partition coefficient (Wildman–Crippen LogP) is 1.93. The van der Waals surface area contributed by atoms with E-state index in [2.05, 4.69) is 17.4 Å². The molecule has 0 bridgehead atoms. The minimum absolute atomic E-state index is 0.231. The van der Waals surface area contributed by atoms with Gasteiger partial charge in [0.05, 0.1) is 0 Å². The SMILES string of the molecule is CCC1(CNCCC(C)(C)C(N)=NO)CC1. The van der Waals surface area contributed by atoms with Crippen molar-refractivity contribution in [2.24, 2.45) is 21.7 Å². The Balaban J connectivity index is 2.20. The first kappa shape index (κ1) is 13.3. The van der Waals surface area contributed by atoms with Crippen LogP contribution in [0.1, 0.15) is 46.5 Å². The van der Waals surface area contributed by atoms with Gasteiger partial charge in [-0.1, -0.05) is 25.9 Å². The molecule has 1 saturated carbocycles. The second-order valence-corrected chi connectivity index (χ2v) is 5.65. The number of hydrogen-bond donors (Lipinski definition) is 3. The molecule has 4 nitrogen and oxygen atoms in total. The third-order valence-corrected chi connectivity index (χ3v) is 3.94. The van der Waals surface area contributed by atoms with Crippen molar-refractivity contribution < 1.29 is 5.21 Å². The van der Waals surface area contributed by atoms with Gasteiger partial charge in [-0.3, -0.25) is 0 Å². The van der Waals surface area contributed by atoms with Crippen LogP contribution in [0, 0.1) is 10.8 Å². The van der Waals surface area contributed by atoms with Crippen LogP contribution in [0.25, 0.3) is 0 Å². The molecule has 4 N–H and O–H groups in total. The van der Waals surface area contributed by atoms with E-state index in [-0.39, 0.29) is 5.41 Å². The zero-order valence-electron chi connectivity index (χ0n) is 10.7. The second-order valence-electron chi connectivity index (χ2n) is 5.65. The lowest BCUT2D eigenvalue weighted by molar-refractivity contribution is 0.304. The van der Waals surface area contributed by atoms with E-state index >= 15 is 0 Å². The first-order valence-electron chi connectivity index (χ1n) is 6.14. The number of amidine groups is 1. The monoisotopic (exact) mass is 227 g/mol. The molecule has 0 radical (unpaired) electrons. The van der Waals surface area contributed by atoms with Crippen molar-refractivity contribution in [3.63, 3.8) is 0 Å². The van der Waals surface area contributed by atoms with Gasteiger partial charge in [0.1, 0.15) is 5.84 Å². The minimum Gasteiger partial charge on any atom is -0.409 e. The Morgan fingerprint density at radius 2 is 2.12 bits per heavy atom. The van der Waals surface area contributed by atoms with Crippen LogP contribution in [0.2, 0.25) is 0 Å². The fourth-order valence-corrected chi connectivity index (χ4v) is 1.85. The van der Waals surface area contributed by atoms with Crippen LogP contribution >= 0.6 is 0 Å². The summed E-state index contributed by atoms with van der Waals surface area (Å²) in [6, 6.07) is 0. The fraction of sp³-hybridized carbons (Fsp3) is 0.917. The quantitative estimate of drug-likeness (QED) is 0.205. The average Bonchev–Trinajstić information content (AvgIpc) is 3.04. The van der Waals surface area contributed by atoms with Gasteiger partial charge in [-0.15, -0.1) is 0 Å². The molecule has 0 aromatic rings. The second kappa shape index (κ2) is 5.04. The van der Waals surface area contributed by atoms with Crippen molar-refractivity contribution in [3.8, 4) is 0 Å². The van der Waals surface area contributed by atoms with Crippen LogP contribution < -0.4 is 11.1 Å². The Labute approximate surface area is 98.3 Å². The Bertz CT molecular complexity index is 257. The molecule has 4 heteroatoms. The molecule has 94 valence electrons. The minimum atomic E-state index is -0.231. The Kier molecular flexibility index (Phi) is 4.19. The highest BCUT2D eigenvalue weighted by Crippen LogP contribution is 2.47. The molecule has 0 unspecified atom stereocenters. The van der Waals surface area contributed by atoms with E-state index in [9.17, 15) is 0 Å². The van der Waals surface area contributed by atoms with Gasteiger partial charge >= 0.3 is 0 Å². The van der Waals surface area contributed by atoms with Crippen LogP contribution in [0.3, 0.4) is 0 Å². The van der Waals surface area contributed by atoms with Crippen LogP contribution in [-0.2, 0) is 0 Å². The van der Waals surface area contributed by atoms with Gasteiger partial charge in [0.2, 0.25) is 0 Å². The van der Waals surface area contributed by atoms with Crippen molar-refractivity contribution >= 4 is 5.84 Å². The number of oxime groups is 1. The maximum Gasteiger partial charge on any atom is 0.144 e. The Morgan fingerprint density at radius 3 is 2.56 bits per heavy atom. The molecule has 1 rings (SSSR count). The highest BCUT2D eigenvalue weighted by Gasteiger charge is 2.39. The molecule has 0 atom stereocenters. The molecule has 0 aliphatic heterocycles. The molecule has 1 aliphatic rings. The summed E-state index contributed by atoms with van der Waals surface area (Å²) in [5, 5.41) is 15.2. The summed E-state index contributed by atoms with van der Waals surface area (Å²) in [6.07, 6.45) is 4.88. The maximum absolute atomic E-state index is 8.65. The first-order valence-corrected chi connectivity index (χ1v) is 6.14. The number of nitrogens with two attached hydrogens (primary N) is 1. The van der Waals surface area contributed by atoms with Gasteiger partial charge in [0, 0.05) is 12.0 Å². The van der Waals surface area contributed by atoms with E-state index in [1.807, 2.05) is 13.8 Å². The summed E-state index contributed by atoms with van der Waals surface area (Å²) in [5.41, 5.74) is 5.98. The normalized spacial score (nSPS) is 19.8. The van der Waals surface area contributed by atoms with E-state index in [1.165, 1.54) is 19.3 Å². The van der Waals surface area contributed by atoms with Crippen molar-refractivity contribution in [3.05, 3.63) is 0 Å². The van der Waals surface area contributed by atoms with E-state index in [4.69, 9.17) is 10.9 Å². The number of nitrogens with one attached hydrogen (secondary N) is 1. The fourth-order valence-electron chi connectivity index (χ4n) is 1.85. The Morgan fingerprint density at radius 1 is 1.50 bits per heavy atom. The lowest BCUT2D eigenvalue weighted by atomic mass is 9.88. The molecule has 0 heterocycles. The van der Waals surface area contributed by atoms with Gasteiger partial charge in [-0.2, -0.15) is 0 Å². The molecule has 16 heavy (non-hydrogen) atoms. The number of hydrogen-bond acceptors (Lipinski definition) is 3. The van der Waals surface area contributed by atoms with Crippen molar-refractivity contribution in [1.82, 2.24) is 5.32 Å². The Hall–Kier alpha value is -0.770. The molecule has 0 aromatic heterocycles. The van der Waals surface area contributed by atoms with E-state index in [0.29, 0.717) is 11.3 Å². The van der Waals surface area contributed by atoms with Gasteiger partial charge in [0.25, 0.3) is 0 Å². The van der Waals surface area contributed by atoms with Crippen LogP contribution in [0.15, 0.2) is 5.16 Å². The highest BCUT2D eigenvalue weighted by atomic mass is 16.4. The summed E-state index contributed by atoms with van der Waals surface area (Å²) in [5.74, 6) is 0.311. The van der Waals surface area contributed by atoms with Gasteiger partial charge in [-0.25, -0.2) is 0 Å². The molecule has 0 saturated heterocycles. The zero-order chi connectivity index (χ0) is 12.2. The summed E-state index contributed by atoms with van der Waals surface area (Å²) in [4.78, 5) is 0. The number of nitrogens with zero attached hydrogens (tertiary/aromatic N) is 1. The van der Waals surface area contributed by atoms with Gasteiger partial charge in [-0.05, 0) is 37.6 Å². The zero-order valence-corrected chi connectivity index (χ0v) is 10.7. The molecule has 0 spiro atoms. The third-order valence-electron chi connectivity index (χ3n) is 3.94. The lowest BCUT2D eigenvalue weighted by Gasteiger charge is -2.23. The van der Waals surface area contributed by atoms with E-state index in [1.54, 1.807) is 0 Å². The van der Waals surface area contributed by atoms with Crippen molar-refractivity contribution in [1.29, 1.82) is 0 Å². The average molecular weight is 227 g/mol. The maximum atomic E-state index is 8.65.